The third kappa shape index (κ3) is 3.40. The molecular weight excluding hydrogens is 306 g/mol. The maximum atomic E-state index is 12.6. The lowest BCUT2D eigenvalue weighted by atomic mass is 10.1. The highest BCUT2D eigenvalue weighted by Crippen LogP contribution is 2.26. The second kappa shape index (κ2) is 6.74. The summed E-state index contributed by atoms with van der Waals surface area (Å²) in [4.78, 5) is 30.0. The Hall–Kier alpha value is -2.83. The van der Waals surface area contributed by atoms with Gasteiger partial charge in [-0.3, -0.25) is 4.79 Å². The van der Waals surface area contributed by atoms with E-state index >= 15 is 0 Å². The van der Waals surface area contributed by atoms with Crippen LogP contribution in [0.25, 0.3) is 0 Å². The number of carbonyl (C=O) groups excluding carboxylic acids is 2. The maximum Gasteiger partial charge on any atom is 0.322 e. The minimum absolute atomic E-state index is 0.0177. The molecule has 2 heterocycles. The molecule has 0 aliphatic carbocycles. The molecule has 0 fully saturated rings. The molecule has 0 atom stereocenters. The SMILES string of the molecule is CCCN(Cc1nccn1C)C(=O)Nc1ccc2c(c1)CC(=O)N2. The lowest BCUT2D eigenvalue weighted by Crippen LogP contribution is -2.35. The Morgan fingerprint density at radius 1 is 1.46 bits per heavy atom. The summed E-state index contributed by atoms with van der Waals surface area (Å²) in [6, 6.07) is 5.29. The monoisotopic (exact) mass is 327 g/mol. The molecule has 24 heavy (non-hydrogen) atoms. The third-order valence-corrected chi connectivity index (χ3v) is 4.02. The highest BCUT2D eigenvalue weighted by atomic mass is 16.2. The number of hydrogen-bond donors (Lipinski definition) is 2. The van der Waals surface area contributed by atoms with Gasteiger partial charge >= 0.3 is 6.03 Å². The van der Waals surface area contributed by atoms with Crippen molar-refractivity contribution in [3.8, 4) is 0 Å². The highest BCUT2D eigenvalue weighted by molar-refractivity contribution is 6.00. The van der Waals surface area contributed by atoms with Crippen molar-refractivity contribution >= 4 is 23.3 Å². The van der Waals surface area contributed by atoms with Gasteiger partial charge in [0.1, 0.15) is 5.82 Å². The van der Waals surface area contributed by atoms with Gasteiger partial charge in [-0.1, -0.05) is 6.92 Å². The van der Waals surface area contributed by atoms with E-state index in [1.165, 1.54) is 0 Å². The molecule has 0 bridgehead atoms. The second-order valence-corrected chi connectivity index (χ2v) is 5.90. The van der Waals surface area contributed by atoms with Crippen molar-refractivity contribution in [2.75, 3.05) is 17.2 Å². The van der Waals surface area contributed by atoms with Gasteiger partial charge in [0.15, 0.2) is 0 Å². The van der Waals surface area contributed by atoms with Gasteiger partial charge in [0.05, 0.1) is 13.0 Å². The van der Waals surface area contributed by atoms with Gasteiger partial charge in [-0.25, -0.2) is 9.78 Å². The molecule has 3 rings (SSSR count). The quantitative estimate of drug-likeness (QED) is 0.885. The van der Waals surface area contributed by atoms with Crippen LogP contribution in [-0.4, -0.2) is 32.9 Å². The van der Waals surface area contributed by atoms with Gasteiger partial charge in [-0.2, -0.15) is 0 Å². The number of rotatable bonds is 5. The van der Waals surface area contributed by atoms with E-state index in [1.807, 2.05) is 36.9 Å². The first kappa shape index (κ1) is 16.0. The van der Waals surface area contributed by atoms with E-state index in [-0.39, 0.29) is 11.9 Å². The fraction of sp³-hybridized carbons (Fsp3) is 0.353. The topological polar surface area (TPSA) is 79.3 Å². The molecule has 126 valence electrons. The van der Waals surface area contributed by atoms with E-state index in [2.05, 4.69) is 15.6 Å². The van der Waals surface area contributed by atoms with Gasteiger partial charge in [0.2, 0.25) is 5.91 Å². The molecule has 0 unspecified atom stereocenters. The number of urea groups is 1. The van der Waals surface area contributed by atoms with Gasteiger partial charge in [-0.15, -0.1) is 0 Å². The summed E-state index contributed by atoms with van der Waals surface area (Å²) >= 11 is 0. The molecule has 0 saturated carbocycles. The summed E-state index contributed by atoms with van der Waals surface area (Å²) < 4.78 is 1.91. The summed E-state index contributed by atoms with van der Waals surface area (Å²) in [6.07, 6.45) is 4.80. The number of nitrogens with one attached hydrogen (secondary N) is 2. The van der Waals surface area contributed by atoms with Gasteiger partial charge < -0.3 is 20.1 Å². The van der Waals surface area contributed by atoms with Gasteiger partial charge in [0.25, 0.3) is 0 Å². The number of anilines is 2. The molecule has 1 aliphatic rings. The number of fused-ring (bicyclic) bond motifs is 1. The molecule has 0 saturated heterocycles. The van der Waals surface area contributed by atoms with Crippen LogP contribution in [0, 0.1) is 0 Å². The van der Waals surface area contributed by atoms with Crippen LogP contribution in [0.1, 0.15) is 24.7 Å². The van der Waals surface area contributed by atoms with E-state index in [0.717, 1.165) is 23.5 Å². The number of hydrogen-bond acceptors (Lipinski definition) is 3. The molecular formula is C17H21N5O2. The van der Waals surface area contributed by atoms with E-state index in [9.17, 15) is 9.59 Å². The van der Waals surface area contributed by atoms with E-state index in [4.69, 9.17) is 0 Å². The lowest BCUT2D eigenvalue weighted by molar-refractivity contribution is -0.115. The van der Waals surface area contributed by atoms with Crippen LogP contribution in [0.5, 0.6) is 0 Å². The largest absolute Gasteiger partial charge is 0.337 e. The average molecular weight is 327 g/mol. The van der Waals surface area contributed by atoms with Crippen molar-refractivity contribution in [3.05, 3.63) is 42.0 Å². The van der Waals surface area contributed by atoms with Crippen LogP contribution in [0.3, 0.4) is 0 Å². The fourth-order valence-corrected chi connectivity index (χ4v) is 2.75. The number of nitrogens with zero attached hydrogens (tertiary/aromatic N) is 3. The molecule has 7 nitrogen and oxygen atoms in total. The Labute approximate surface area is 140 Å². The molecule has 3 amide bonds. The zero-order valence-corrected chi connectivity index (χ0v) is 13.9. The van der Waals surface area contributed by atoms with Crippen LogP contribution in [0.4, 0.5) is 16.2 Å². The average Bonchev–Trinajstić information content (AvgIpc) is 3.11. The van der Waals surface area contributed by atoms with Crippen molar-refractivity contribution < 1.29 is 9.59 Å². The molecule has 1 aromatic carbocycles. The Kier molecular flexibility index (Phi) is 4.50. The zero-order chi connectivity index (χ0) is 17.1. The van der Waals surface area contributed by atoms with Crippen molar-refractivity contribution in [3.63, 3.8) is 0 Å². The van der Waals surface area contributed by atoms with Crippen molar-refractivity contribution in [1.29, 1.82) is 0 Å². The number of amides is 3. The molecule has 7 heteroatoms. The van der Waals surface area contributed by atoms with Gasteiger partial charge in [-0.05, 0) is 30.2 Å². The van der Waals surface area contributed by atoms with Crippen LogP contribution in [0.2, 0.25) is 0 Å². The summed E-state index contributed by atoms with van der Waals surface area (Å²) in [5.74, 6) is 0.818. The predicted octanol–water partition coefficient (Wildman–Crippen LogP) is 2.36. The molecule has 0 spiro atoms. The summed E-state index contributed by atoms with van der Waals surface area (Å²) in [5.41, 5.74) is 2.41. The number of benzene rings is 1. The second-order valence-electron chi connectivity index (χ2n) is 5.90. The standard InChI is InChI=1S/C17H21N5O2/c1-3-7-22(11-15-18-6-8-21(15)2)17(24)19-13-4-5-14-12(9-13)10-16(23)20-14/h4-6,8-9H,3,7,10-11H2,1-2H3,(H,19,24)(H,20,23). The van der Waals surface area contributed by atoms with Crippen molar-refractivity contribution in [1.82, 2.24) is 14.5 Å². The van der Waals surface area contributed by atoms with Crippen LogP contribution < -0.4 is 10.6 Å². The first-order valence-corrected chi connectivity index (χ1v) is 8.01. The van der Waals surface area contributed by atoms with Crippen molar-refractivity contribution in [2.45, 2.75) is 26.3 Å². The van der Waals surface area contributed by atoms with Crippen LogP contribution >= 0.6 is 0 Å². The third-order valence-electron chi connectivity index (χ3n) is 4.02. The predicted molar refractivity (Wildman–Crippen MR) is 91.7 cm³/mol. The first-order valence-electron chi connectivity index (χ1n) is 8.01. The highest BCUT2D eigenvalue weighted by Gasteiger charge is 2.19. The normalized spacial score (nSPS) is 12.7. The van der Waals surface area contributed by atoms with Crippen molar-refractivity contribution in [2.24, 2.45) is 7.05 Å². The minimum Gasteiger partial charge on any atom is -0.337 e. The van der Waals surface area contributed by atoms with E-state index < -0.39 is 0 Å². The van der Waals surface area contributed by atoms with Crippen LogP contribution in [0.15, 0.2) is 30.6 Å². The Balaban J connectivity index is 1.70. The lowest BCUT2D eigenvalue weighted by Gasteiger charge is -2.22. The zero-order valence-electron chi connectivity index (χ0n) is 13.9. The smallest absolute Gasteiger partial charge is 0.322 e. The van der Waals surface area contributed by atoms with E-state index in [1.54, 1.807) is 17.2 Å². The first-order chi connectivity index (χ1) is 11.6. The molecule has 1 aromatic heterocycles. The number of aryl methyl sites for hydroxylation is 1. The van der Waals surface area contributed by atoms with Crippen LogP contribution in [-0.2, 0) is 24.8 Å². The fourth-order valence-electron chi connectivity index (χ4n) is 2.75. The Morgan fingerprint density at radius 2 is 2.29 bits per heavy atom. The summed E-state index contributed by atoms with van der Waals surface area (Å²) in [7, 11) is 1.91. The molecule has 2 aromatic rings. The Morgan fingerprint density at radius 3 is 3.00 bits per heavy atom. The number of imidazole rings is 1. The maximum absolute atomic E-state index is 12.6. The number of carbonyl (C=O) groups is 2. The van der Waals surface area contributed by atoms with E-state index in [0.29, 0.717) is 25.2 Å². The molecule has 0 radical (unpaired) electrons. The molecule has 2 N–H and O–H groups in total. The summed E-state index contributed by atoms with van der Waals surface area (Å²) in [5, 5.41) is 5.70. The summed E-state index contributed by atoms with van der Waals surface area (Å²) in [6.45, 7) is 3.13. The Bertz CT molecular complexity index is 768. The molecule has 1 aliphatic heterocycles. The number of aromatic nitrogens is 2. The van der Waals surface area contributed by atoms with Gasteiger partial charge in [0, 0.05) is 37.4 Å². The minimum atomic E-state index is -0.169.